The predicted molar refractivity (Wildman–Crippen MR) is 66.1 cm³/mol. The summed E-state index contributed by atoms with van der Waals surface area (Å²) in [6.45, 7) is 5.46. The van der Waals surface area contributed by atoms with Gasteiger partial charge in [0.1, 0.15) is 5.84 Å². The molecule has 0 radical (unpaired) electrons. The van der Waals surface area contributed by atoms with Gasteiger partial charge in [-0.15, -0.1) is 0 Å². The molecule has 0 aliphatic rings. The van der Waals surface area contributed by atoms with Crippen LogP contribution in [0.4, 0.5) is 0 Å². The number of nitrogens with one attached hydrogen (secondary N) is 2. The third-order valence-corrected chi connectivity index (χ3v) is 2.10. The number of pyridine rings is 1. The smallest absolute Gasteiger partial charge is 0.174 e. The fourth-order valence-corrected chi connectivity index (χ4v) is 1.34. The molecule has 0 atom stereocenters. The highest BCUT2D eigenvalue weighted by molar-refractivity contribution is 5.95. The average Bonchev–Trinajstić information content (AvgIpc) is 2.37. The van der Waals surface area contributed by atoms with Crippen LogP contribution in [0, 0.1) is 5.41 Å². The summed E-state index contributed by atoms with van der Waals surface area (Å²) in [5.41, 5.74) is 0.749. The Morgan fingerprint density at radius 3 is 2.65 bits per heavy atom. The molecule has 0 unspecified atom stereocenters. The Hall–Kier alpha value is -1.46. The molecular formula is C12H19N3O2. The summed E-state index contributed by atoms with van der Waals surface area (Å²) in [6, 6.07) is 3.63. The summed E-state index contributed by atoms with van der Waals surface area (Å²) < 4.78 is 10.7. The van der Waals surface area contributed by atoms with Crippen LogP contribution in [-0.4, -0.2) is 36.9 Å². The molecule has 0 aliphatic heterocycles. The molecule has 5 heteroatoms. The number of nitrogens with zero attached hydrogens (tertiary/aromatic N) is 1. The number of amidine groups is 1. The van der Waals surface area contributed by atoms with Crippen LogP contribution in [0.25, 0.3) is 0 Å². The van der Waals surface area contributed by atoms with Crippen LogP contribution in [0.1, 0.15) is 19.4 Å². The van der Waals surface area contributed by atoms with E-state index < -0.39 is 0 Å². The fourth-order valence-electron chi connectivity index (χ4n) is 1.34. The maximum absolute atomic E-state index is 7.83. The van der Waals surface area contributed by atoms with Gasteiger partial charge in [0.05, 0.1) is 6.54 Å². The first-order chi connectivity index (χ1) is 8.27. The molecule has 0 aromatic carbocycles. The lowest BCUT2D eigenvalue weighted by Crippen LogP contribution is -2.35. The van der Waals surface area contributed by atoms with Crippen molar-refractivity contribution in [1.82, 2.24) is 10.3 Å². The van der Waals surface area contributed by atoms with Gasteiger partial charge in [-0.2, -0.15) is 0 Å². The number of hydrogen-bond donors (Lipinski definition) is 2. The van der Waals surface area contributed by atoms with Gasteiger partial charge in [-0.1, -0.05) is 0 Å². The van der Waals surface area contributed by atoms with E-state index in [1.807, 2.05) is 19.9 Å². The first kappa shape index (κ1) is 13.6. The molecule has 0 bridgehead atoms. The summed E-state index contributed by atoms with van der Waals surface area (Å²) in [5, 5.41) is 10.8. The zero-order chi connectivity index (χ0) is 12.5. The molecule has 0 spiro atoms. The van der Waals surface area contributed by atoms with Gasteiger partial charge in [0, 0.05) is 31.2 Å². The van der Waals surface area contributed by atoms with Crippen LogP contribution in [0.3, 0.4) is 0 Å². The van der Waals surface area contributed by atoms with Gasteiger partial charge in [-0.05, 0) is 26.0 Å². The number of ether oxygens (including phenoxy) is 2. The molecule has 94 valence electrons. The molecule has 1 rings (SSSR count). The van der Waals surface area contributed by atoms with Gasteiger partial charge in [0.25, 0.3) is 0 Å². The quantitative estimate of drug-likeness (QED) is 0.427. The monoisotopic (exact) mass is 237 g/mol. The van der Waals surface area contributed by atoms with E-state index in [1.165, 1.54) is 0 Å². The fraction of sp³-hybridized carbons (Fsp3) is 0.500. The number of rotatable bonds is 7. The highest BCUT2D eigenvalue weighted by Crippen LogP contribution is 1.97. The minimum Gasteiger partial charge on any atom is -0.365 e. The van der Waals surface area contributed by atoms with Gasteiger partial charge in [0.2, 0.25) is 0 Å². The Bertz CT molecular complexity index is 324. The van der Waals surface area contributed by atoms with Crippen molar-refractivity contribution in [3.8, 4) is 0 Å². The topological polar surface area (TPSA) is 67.2 Å². The van der Waals surface area contributed by atoms with E-state index >= 15 is 0 Å². The zero-order valence-corrected chi connectivity index (χ0v) is 10.3. The molecule has 5 nitrogen and oxygen atoms in total. The van der Waals surface area contributed by atoms with Crippen molar-refractivity contribution < 1.29 is 9.47 Å². The van der Waals surface area contributed by atoms with Gasteiger partial charge in [-0.25, -0.2) is 0 Å². The second kappa shape index (κ2) is 7.76. The largest absolute Gasteiger partial charge is 0.365 e. The van der Waals surface area contributed by atoms with Crippen molar-refractivity contribution >= 4 is 5.84 Å². The molecule has 0 aliphatic carbocycles. The van der Waals surface area contributed by atoms with E-state index in [2.05, 4.69) is 10.3 Å². The lowest BCUT2D eigenvalue weighted by atomic mass is 10.2. The normalized spacial score (nSPS) is 10.5. The van der Waals surface area contributed by atoms with E-state index in [4.69, 9.17) is 14.9 Å². The molecule has 1 aromatic heterocycles. The number of aromatic nitrogens is 1. The maximum Gasteiger partial charge on any atom is 0.174 e. The van der Waals surface area contributed by atoms with Gasteiger partial charge in [-0.3, -0.25) is 10.4 Å². The lowest BCUT2D eigenvalue weighted by molar-refractivity contribution is -0.131. The Balaban J connectivity index is 2.41. The van der Waals surface area contributed by atoms with Gasteiger partial charge < -0.3 is 14.8 Å². The molecule has 17 heavy (non-hydrogen) atoms. The molecule has 2 N–H and O–H groups in total. The summed E-state index contributed by atoms with van der Waals surface area (Å²) in [7, 11) is 0. The maximum atomic E-state index is 7.83. The lowest BCUT2D eigenvalue weighted by Gasteiger charge is -2.18. The van der Waals surface area contributed by atoms with Crippen LogP contribution in [-0.2, 0) is 9.47 Å². The van der Waals surface area contributed by atoms with Crippen molar-refractivity contribution in [1.29, 1.82) is 5.41 Å². The second-order valence-electron chi connectivity index (χ2n) is 3.34. The van der Waals surface area contributed by atoms with E-state index in [0.29, 0.717) is 25.6 Å². The molecular weight excluding hydrogens is 218 g/mol. The third-order valence-electron chi connectivity index (χ3n) is 2.10. The second-order valence-corrected chi connectivity index (χ2v) is 3.34. The minimum absolute atomic E-state index is 0.318. The van der Waals surface area contributed by atoms with Crippen molar-refractivity contribution in [2.24, 2.45) is 0 Å². The Kier molecular flexibility index (Phi) is 6.21. The van der Waals surface area contributed by atoms with E-state index in [9.17, 15) is 0 Å². The van der Waals surface area contributed by atoms with Crippen LogP contribution >= 0.6 is 0 Å². The van der Waals surface area contributed by atoms with Crippen LogP contribution < -0.4 is 5.32 Å². The van der Waals surface area contributed by atoms with E-state index in [1.54, 1.807) is 18.5 Å². The minimum atomic E-state index is -0.318. The average molecular weight is 237 g/mol. The Labute approximate surface area is 102 Å². The van der Waals surface area contributed by atoms with Gasteiger partial charge >= 0.3 is 0 Å². The van der Waals surface area contributed by atoms with Crippen molar-refractivity contribution in [3.05, 3.63) is 30.1 Å². The molecule has 0 saturated heterocycles. The van der Waals surface area contributed by atoms with Crippen LogP contribution in [0.15, 0.2) is 24.5 Å². The van der Waals surface area contributed by atoms with Gasteiger partial charge in [0.15, 0.2) is 6.29 Å². The van der Waals surface area contributed by atoms with Crippen LogP contribution in [0.5, 0.6) is 0 Å². The standard InChI is InChI=1S/C12H19N3O2/c1-3-16-11(17-4-2)9-15-12(13)10-6-5-7-14-8-10/h5-8,11H,3-4,9H2,1-2H3,(H2,13,15). The first-order valence-electron chi connectivity index (χ1n) is 5.74. The number of hydrogen-bond acceptors (Lipinski definition) is 4. The third kappa shape index (κ3) is 4.93. The zero-order valence-electron chi connectivity index (χ0n) is 10.3. The molecule has 1 heterocycles. The predicted octanol–water partition coefficient (Wildman–Crippen LogP) is 1.40. The summed E-state index contributed by atoms with van der Waals surface area (Å²) in [6.07, 6.45) is 3.01. The Morgan fingerprint density at radius 1 is 1.41 bits per heavy atom. The molecule has 0 saturated carbocycles. The SMILES string of the molecule is CCOC(CNC(=N)c1cccnc1)OCC. The van der Waals surface area contributed by atoms with Crippen LogP contribution in [0.2, 0.25) is 0 Å². The molecule has 0 fully saturated rings. The summed E-state index contributed by atoms with van der Waals surface area (Å²) in [5.74, 6) is 0.322. The highest BCUT2D eigenvalue weighted by Gasteiger charge is 2.09. The molecule has 1 aromatic rings. The Morgan fingerprint density at radius 2 is 2.12 bits per heavy atom. The van der Waals surface area contributed by atoms with E-state index in [-0.39, 0.29) is 6.29 Å². The van der Waals surface area contributed by atoms with Crippen molar-refractivity contribution in [3.63, 3.8) is 0 Å². The highest BCUT2D eigenvalue weighted by atomic mass is 16.7. The summed E-state index contributed by atoms with van der Waals surface area (Å²) >= 11 is 0. The molecule has 0 amide bonds. The van der Waals surface area contributed by atoms with Crippen molar-refractivity contribution in [2.45, 2.75) is 20.1 Å². The summed E-state index contributed by atoms with van der Waals surface area (Å²) in [4.78, 5) is 3.96. The van der Waals surface area contributed by atoms with Crippen molar-refractivity contribution in [2.75, 3.05) is 19.8 Å². The van der Waals surface area contributed by atoms with E-state index in [0.717, 1.165) is 5.56 Å². The first-order valence-corrected chi connectivity index (χ1v) is 5.74.